The van der Waals surface area contributed by atoms with Crippen molar-refractivity contribution in [1.29, 1.82) is 0 Å². The molecule has 0 amide bonds. The van der Waals surface area contributed by atoms with E-state index in [-0.39, 0.29) is 11.2 Å². The van der Waals surface area contributed by atoms with Gasteiger partial charge in [0.05, 0.1) is 6.61 Å². The summed E-state index contributed by atoms with van der Waals surface area (Å²) in [5.74, 6) is -0.414. The van der Waals surface area contributed by atoms with Crippen molar-refractivity contribution in [2.45, 2.75) is 26.2 Å². The standard InChI is InChI=1S/C11H16BFO3/c1-2-3-4-7-16-11-8-9(12(14)15)5-6-10(11)13/h5-6,8,14-15H,2-4,7H2,1H3. The molecule has 0 fully saturated rings. The van der Waals surface area contributed by atoms with Crippen molar-refractivity contribution >= 4 is 12.6 Å². The van der Waals surface area contributed by atoms with Gasteiger partial charge in [-0.2, -0.15) is 0 Å². The van der Waals surface area contributed by atoms with Gasteiger partial charge in [0, 0.05) is 0 Å². The fourth-order valence-corrected chi connectivity index (χ4v) is 1.33. The van der Waals surface area contributed by atoms with E-state index in [4.69, 9.17) is 14.8 Å². The lowest BCUT2D eigenvalue weighted by Crippen LogP contribution is -2.29. The summed E-state index contributed by atoms with van der Waals surface area (Å²) in [5, 5.41) is 17.9. The maximum Gasteiger partial charge on any atom is 0.488 e. The minimum absolute atomic E-state index is 0.0710. The Morgan fingerprint density at radius 2 is 2.06 bits per heavy atom. The average molecular weight is 226 g/mol. The van der Waals surface area contributed by atoms with Gasteiger partial charge in [0.1, 0.15) is 0 Å². The van der Waals surface area contributed by atoms with E-state index in [0.29, 0.717) is 6.61 Å². The zero-order chi connectivity index (χ0) is 12.0. The van der Waals surface area contributed by atoms with Gasteiger partial charge < -0.3 is 14.8 Å². The molecule has 0 aliphatic carbocycles. The Labute approximate surface area is 95.0 Å². The first kappa shape index (κ1) is 13.0. The number of hydrogen-bond donors (Lipinski definition) is 2. The van der Waals surface area contributed by atoms with Gasteiger partial charge in [-0.3, -0.25) is 0 Å². The zero-order valence-electron chi connectivity index (χ0n) is 9.32. The molecule has 0 aliphatic rings. The molecule has 1 rings (SSSR count). The van der Waals surface area contributed by atoms with Crippen LogP contribution in [0.4, 0.5) is 4.39 Å². The first-order valence-electron chi connectivity index (χ1n) is 5.43. The minimum atomic E-state index is -1.60. The van der Waals surface area contributed by atoms with E-state index in [0.717, 1.165) is 19.3 Å². The van der Waals surface area contributed by atoms with Crippen LogP contribution in [0.15, 0.2) is 18.2 Å². The van der Waals surface area contributed by atoms with E-state index in [2.05, 4.69) is 6.92 Å². The molecule has 1 aromatic rings. The third-order valence-corrected chi connectivity index (χ3v) is 2.26. The Morgan fingerprint density at radius 1 is 1.31 bits per heavy atom. The first-order chi connectivity index (χ1) is 7.65. The second-order valence-corrected chi connectivity index (χ2v) is 3.62. The summed E-state index contributed by atoms with van der Waals surface area (Å²) >= 11 is 0. The molecule has 0 radical (unpaired) electrons. The number of hydrogen-bond acceptors (Lipinski definition) is 3. The van der Waals surface area contributed by atoms with Crippen molar-refractivity contribution in [3.63, 3.8) is 0 Å². The third kappa shape index (κ3) is 3.83. The van der Waals surface area contributed by atoms with Crippen molar-refractivity contribution < 1.29 is 19.2 Å². The summed E-state index contributed by atoms with van der Waals surface area (Å²) in [6, 6.07) is 3.80. The highest BCUT2D eigenvalue weighted by Gasteiger charge is 2.14. The molecule has 0 bridgehead atoms. The van der Waals surface area contributed by atoms with Crippen LogP contribution in [0.3, 0.4) is 0 Å². The molecule has 5 heteroatoms. The van der Waals surface area contributed by atoms with E-state index in [1.807, 2.05) is 0 Å². The van der Waals surface area contributed by atoms with Crippen molar-refractivity contribution in [3.05, 3.63) is 24.0 Å². The van der Waals surface area contributed by atoms with E-state index in [9.17, 15) is 4.39 Å². The molecule has 3 nitrogen and oxygen atoms in total. The smallest absolute Gasteiger partial charge is 0.488 e. The second-order valence-electron chi connectivity index (χ2n) is 3.62. The number of ether oxygens (including phenoxy) is 1. The van der Waals surface area contributed by atoms with Gasteiger partial charge in [0.15, 0.2) is 11.6 Å². The highest BCUT2D eigenvalue weighted by molar-refractivity contribution is 6.58. The van der Waals surface area contributed by atoms with Gasteiger partial charge >= 0.3 is 7.12 Å². The summed E-state index contributed by atoms with van der Waals surface area (Å²) < 4.78 is 18.5. The fraction of sp³-hybridized carbons (Fsp3) is 0.455. The van der Waals surface area contributed by atoms with Crippen LogP contribution in [0, 0.1) is 5.82 Å². The van der Waals surface area contributed by atoms with E-state index in [1.165, 1.54) is 18.2 Å². The van der Waals surface area contributed by atoms with Gasteiger partial charge in [-0.1, -0.05) is 25.8 Å². The van der Waals surface area contributed by atoms with Gasteiger partial charge in [0.25, 0.3) is 0 Å². The first-order valence-corrected chi connectivity index (χ1v) is 5.43. The molecule has 0 unspecified atom stereocenters. The molecule has 0 saturated carbocycles. The monoisotopic (exact) mass is 226 g/mol. The zero-order valence-corrected chi connectivity index (χ0v) is 9.32. The summed E-state index contributed by atoms with van der Waals surface area (Å²) in [5.41, 5.74) is 0.229. The molecule has 0 heterocycles. The molecular weight excluding hydrogens is 210 g/mol. The lowest BCUT2D eigenvalue weighted by molar-refractivity contribution is 0.291. The molecule has 1 aromatic carbocycles. The van der Waals surface area contributed by atoms with Crippen molar-refractivity contribution in [3.8, 4) is 5.75 Å². The van der Waals surface area contributed by atoms with Crippen LogP contribution in [-0.2, 0) is 0 Å². The van der Waals surface area contributed by atoms with Crippen molar-refractivity contribution in [2.75, 3.05) is 6.61 Å². The summed E-state index contributed by atoms with van der Waals surface area (Å²) in [6.45, 7) is 2.51. The predicted molar refractivity (Wildman–Crippen MR) is 61.2 cm³/mol. The Hall–Kier alpha value is -1.07. The Morgan fingerprint density at radius 3 is 2.69 bits per heavy atom. The number of benzene rings is 1. The SMILES string of the molecule is CCCCCOc1cc(B(O)O)ccc1F. The van der Waals surface area contributed by atoms with Crippen LogP contribution >= 0.6 is 0 Å². The molecule has 2 N–H and O–H groups in total. The average Bonchev–Trinajstić information content (AvgIpc) is 2.26. The summed E-state index contributed by atoms with van der Waals surface area (Å²) in [6.07, 6.45) is 2.97. The molecule has 0 atom stereocenters. The van der Waals surface area contributed by atoms with Crippen LogP contribution in [0.2, 0.25) is 0 Å². The molecule has 0 saturated heterocycles. The highest BCUT2D eigenvalue weighted by Crippen LogP contribution is 2.15. The molecule has 88 valence electrons. The van der Waals surface area contributed by atoms with Crippen LogP contribution in [0.5, 0.6) is 5.75 Å². The predicted octanol–water partition coefficient (Wildman–Crippen LogP) is 1.07. The Kier molecular flexibility index (Phi) is 5.28. The molecule has 16 heavy (non-hydrogen) atoms. The van der Waals surface area contributed by atoms with Gasteiger partial charge in [-0.05, 0) is 24.0 Å². The largest absolute Gasteiger partial charge is 0.491 e. The number of rotatable bonds is 6. The van der Waals surface area contributed by atoms with E-state index in [1.54, 1.807) is 0 Å². The molecule has 0 aromatic heterocycles. The quantitative estimate of drug-likeness (QED) is 0.563. The van der Waals surface area contributed by atoms with Gasteiger partial charge in [-0.25, -0.2) is 4.39 Å². The number of halogens is 1. The topological polar surface area (TPSA) is 49.7 Å². The molecular formula is C11H16BFO3. The molecule has 0 aliphatic heterocycles. The lowest BCUT2D eigenvalue weighted by Gasteiger charge is -2.08. The fourth-order valence-electron chi connectivity index (χ4n) is 1.33. The summed E-state index contributed by atoms with van der Waals surface area (Å²) in [7, 11) is -1.60. The van der Waals surface area contributed by atoms with Crippen molar-refractivity contribution in [2.24, 2.45) is 0 Å². The van der Waals surface area contributed by atoms with E-state index >= 15 is 0 Å². The maximum atomic E-state index is 13.3. The second kappa shape index (κ2) is 6.50. The Bertz CT molecular complexity index is 331. The lowest BCUT2D eigenvalue weighted by atomic mass is 9.80. The highest BCUT2D eigenvalue weighted by atomic mass is 19.1. The van der Waals surface area contributed by atoms with Gasteiger partial charge in [0.2, 0.25) is 0 Å². The van der Waals surface area contributed by atoms with Crippen LogP contribution in [-0.4, -0.2) is 23.8 Å². The third-order valence-electron chi connectivity index (χ3n) is 2.26. The van der Waals surface area contributed by atoms with Crippen LogP contribution < -0.4 is 10.2 Å². The molecule has 0 spiro atoms. The van der Waals surface area contributed by atoms with Crippen LogP contribution in [0.1, 0.15) is 26.2 Å². The van der Waals surface area contributed by atoms with E-state index < -0.39 is 12.9 Å². The minimum Gasteiger partial charge on any atom is -0.491 e. The summed E-state index contributed by atoms with van der Waals surface area (Å²) in [4.78, 5) is 0. The number of unbranched alkanes of at least 4 members (excludes halogenated alkanes) is 2. The van der Waals surface area contributed by atoms with Crippen LogP contribution in [0.25, 0.3) is 0 Å². The normalized spacial score (nSPS) is 10.2. The Balaban J connectivity index is 2.60. The van der Waals surface area contributed by atoms with Crippen molar-refractivity contribution in [1.82, 2.24) is 0 Å². The maximum absolute atomic E-state index is 13.3. The van der Waals surface area contributed by atoms with Gasteiger partial charge in [-0.15, -0.1) is 0 Å².